The highest BCUT2D eigenvalue weighted by atomic mass is 19.4. The van der Waals surface area contributed by atoms with Crippen LogP contribution < -0.4 is 0 Å². The molecule has 2 aliphatic carbocycles. The van der Waals surface area contributed by atoms with Crippen molar-refractivity contribution in [3.05, 3.63) is 0 Å². The zero-order chi connectivity index (χ0) is 16.8. The van der Waals surface area contributed by atoms with E-state index in [0.29, 0.717) is 11.8 Å². The van der Waals surface area contributed by atoms with E-state index in [2.05, 4.69) is 0 Å². The van der Waals surface area contributed by atoms with Gasteiger partial charge in [-0.1, -0.05) is 6.42 Å². The van der Waals surface area contributed by atoms with E-state index in [0.717, 1.165) is 32.6 Å². The van der Waals surface area contributed by atoms with Gasteiger partial charge in [0.1, 0.15) is 5.60 Å². The van der Waals surface area contributed by atoms with Crippen LogP contribution in [0.2, 0.25) is 0 Å². The number of ether oxygens (including phenoxy) is 2. The van der Waals surface area contributed by atoms with Gasteiger partial charge in [0.05, 0.1) is 0 Å². The Hall–Kier alpha value is -0.940. The van der Waals surface area contributed by atoms with Crippen molar-refractivity contribution in [3.63, 3.8) is 0 Å². The minimum absolute atomic E-state index is 0.0205. The number of hydrogen-bond donors (Lipinski definition) is 0. The van der Waals surface area contributed by atoms with Crippen LogP contribution in [0.1, 0.15) is 59.8 Å². The predicted octanol–water partition coefficient (Wildman–Crippen LogP) is 5.09. The molecule has 2 aliphatic rings. The van der Waals surface area contributed by atoms with Crippen molar-refractivity contribution in [1.29, 1.82) is 0 Å². The van der Waals surface area contributed by atoms with E-state index in [1.165, 1.54) is 0 Å². The Morgan fingerprint density at radius 3 is 2.09 bits per heavy atom. The Morgan fingerprint density at radius 2 is 1.68 bits per heavy atom. The molecule has 0 aromatic rings. The lowest BCUT2D eigenvalue weighted by Gasteiger charge is -2.36. The molecule has 0 heterocycles. The monoisotopic (exact) mass is 322 g/mol. The molecule has 6 heteroatoms. The second-order valence-corrected chi connectivity index (χ2v) is 7.93. The largest absolute Gasteiger partial charge is 0.509 e. The highest BCUT2D eigenvalue weighted by molar-refractivity contribution is 5.61. The molecule has 2 bridgehead atoms. The summed E-state index contributed by atoms with van der Waals surface area (Å²) in [7, 11) is 0. The van der Waals surface area contributed by atoms with Gasteiger partial charge in [0.15, 0.2) is 0 Å². The summed E-state index contributed by atoms with van der Waals surface area (Å²) >= 11 is 0. The van der Waals surface area contributed by atoms with Crippen molar-refractivity contribution in [1.82, 2.24) is 0 Å². The quantitative estimate of drug-likeness (QED) is 0.679. The van der Waals surface area contributed by atoms with Gasteiger partial charge in [0, 0.05) is 0 Å². The number of alkyl halides is 3. The lowest BCUT2D eigenvalue weighted by atomic mass is 9.80. The molecule has 4 atom stereocenters. The Labute approximate surface area is 129 Å². The third-order valence-electron chi connectivity index (χ3n) is 4.83. The van der Waals surface area contributed by atoms with Gasteiger partial charge in [-0.15, -0.1) is 0 Å². The van der Waals surface area contributed by atoms with Crippen LogP contribution in [-0.4, -0.2) is 23.5 Å². The molecule has 2 rings (SSSR count). The van der Waals surface area contributed by atoms with Gasteiger partial charge in [0.25, 0.3) is 0 Å². The molecule has 0 aromatic heterocycles. The number of hydrogen-bond acceptors (Lipinski definition) is 3. The first-order chi connectivity index (χ1) is 9.90. The fraction of sp³-hybridized carbons (Fsp3) is 0.938. The predicted molar refractivity (Wildman–Crippen MR) is 75.3 cm³/mol. The average Bonchev–Trinajstić information content (AvgIpc) is 2.85. The van der Waals surface area contributed by atoms with Crippen LogP contribution >= 0.6 is 0 Å². The van der Waals surface area contributed by atoms with Crippen LogP contribution in [0, 0.1) is 17.8 Å². The topological polar surface area (TPSA) is 35.5 Å². The molecule has 0 N–H and O–H groups in total. The minimum atomic E-state index is -4.61. The second-order valence-electron chi connectivity index (χ2n) is 7.93. The van der Waals surface area contributed by atoms with E-state index >= 15 is 0 Å². The summed E-state index contributed by atoms with van der Waals surface area (Å²) < 4.78 is 50.0. The zero-order valence-corrected chi connectivity index (χ0v) is 13.6. The highest BCUT2D eigenvalue weighted by Crippen LogP contribution is 2.53. The number of rotatable bonds is 3. The summed E-state index contributed by atoms with van der Waals surface area (Å²) in [6.07, 6.45) is -2.08. The molecule has 3 nitrogen and oxygen atoms in total. The van der Waals surface area contributed by atoms with E-state index in [4.69, 9.17) is 9.47 Å². The molecule has 0 spiro atoms. The van der Waals surface area contributed by atoms with E-state index in [9.17, 15) is 18.0 Å². The SMILES string of the molecule is CC(C)(C)OC(=O)OC(C)(CC1CC2CCC1C2)C(F)(F)F. The molecule has 0 radical (unpaired) electrons. The maximum Gasteiger partial charge on any atom is 0.509 e. The normalized spacial score (nSPS) is 31.0. The fourth-order valence-electron chi connectivity index (χ4n) is 3.80. The number of fused-ring (bicyclic) bond motifs is 2. The molecule has 2 fully saturated rings. The van der Waals surface area contributed by atoms with Crippen molar-refractivity contribution < 1.29 is 27.4 Å². The molecular formula is C16H25F3O3. The lowest BCUT2D eigenvalue weighted by Crippen LogP contribution is -2.49. The van der Waals surface area contributed by atoms with Crippen LogP contribution in [0.4, 0.5) is 18.0 Å². The maximum absolute atomic E-state index is 13.5. The standard InChI is InChI=1S/C16H25F3O3/c1-14(2,3)21-13(20)22-15(4,16(17,18)19)9-12-8-10-5-6-11(12)7-10/h10-12H,5-9H2,1-4H3. The average molecular weight is 322 g/mol. The first kappa shape index (κ1) is 17.4. The maximum atomic E-state index is 13.5. The smallest absolute Gasteiger partial charge is 0.429 e. The first-order valence-corrected chi connectivity index (χ1v) is 7.88. The van der Waals surface area contributed by atoms with Crippen molar-refractivity contribution in [2.24, 2.45) is 17.8 Å². The Balaban J connectivity index is 2.06. The van der Waals surface area contributed by atoms with Crippen LogP contribution in [0.3, 0.4) is 0 Å². The lowest BCUT2D eigenvalue weighted by molar-refractivity contribution is -0.265. The summed E-state index contributed by atoms with van der Waals surface area (Å²) in [6, 6.07) is 0. The zero-order valence-electron chi connectivity index (χ0n) is 13.6. The third kappa shape index (κ3) is 3.87. The highest BCUT2D eigenvalue weighted by Gasteiger charge is 2.57. The molecule has 0 saturated heterocycles. The molecule has 128 valence electrons. The van der Waals surface area contributed by atoms with Gasteiger partial charge in [-0.2, -0.15) is 13.2 Å². The third-order valence-corrected chi connectivity index (χ3v) is 4.83. The molecule has 0 amide bonds. The number of carbonyl (C=O) groups excluding carboxylic acids is 1. The summed E-state index contributed by atoms with van der Waals surface area (Å²) in [5.41, 5.74) is -3.36. The first-order valence-electron chi connectivity index (χ1n) is 7.88. The molecular weight excluding hydrogens is 297 g/mol. The van der Waals surface area contributed by atoms with Gasteiger partial charge in [-0.3, -0.25) is 0 Å². The van der Waals surface area contributed by atoms with Gasteiger partial charge in [-0.25, -0.2) is 4.79 Å². The van der Waals surface area contributed by atoms with Gasteiger partial charge < -0.3 is 9.47 Å². The summed E-state index contributed by atoms with van der Waals surface area (Å²) in [6.45, 7) is 5.74. The van der Waals surface area contributed by atoms with Crippen molar-refractivity contribution in [2.75, 3.05) is 0 Å². The summed E-state index contributed by atoms with van der Waals surface area (Å²) in [5, 5.41) is 0. The number of carbonyl (C=O) groups is 1. The Morgan fingerprint density at radius 1 is 1.05 bits per heavy atom. The van der Waals surface area contributed by atoms with E-state index in [1.54, 1.807) is 20.8 Å². The Bertz CT molecular complexity index is 427. The van der Waals surface area contributed by atoms with Crippen LogP contribution in [0.5, 0.6) is 0 Å². The van der Waals surface area contributed by atoms with Gasteiger partial charge in [-0.05, 0) is 71.1 Å². The van der Waals surface area contributed by atoms with E-state index in [-0.39, 0.29) is 12.3 Å². The van der Waals surface area contributed by atoms with Crippen LogP contribution in [-0.2, 0) is 9.47 Å². The molecule has 2 saturated carbocycles. The van der Waals surface area contributed by atoms with Gasteiger partial charge >= 0.3 is 12.3 Å². The molecule has 4 unspecified atom stereocenters. The molecule has 0 aliphatic heterocycles. The Kier molecular flexibility index (Phi) is 4.44. The summed E-state index contributed by atoms with van der Waals surface area (Å²) in [4.78, 5) is 11.7. The van der Waals surface area contributed by atoms with Crippen molar-refractivity contribution in [2.45, 2.75) is 77.2 Å². The fourth-order valence-corrected chi connectivity index (χ4v) is 3.80. The molecule has 22 heavy (non-hydrogen) atoms. The van der Waals surface area contributed by atoms with Crippen molar-refractivity contribution >= 4 is 6.16 Å². The summed E-state index contributed by atoms with van der Waals surface area (Å²) in [5.74, 6) is 0.871. The number of halogens is 3. The minimum Gasteiger partial charge on any atom is -0.429 e. The second kappa shape index (κ2) is 5.60. The van der Waals surface area contributed by atoms with Crippen LogP contribution in [0.25, 0.3) is 0 Å². The van der Waals surface area contributed by atoms with Crippen molar-refractivity contribution in [3.8, 4) is 0 Å². The van der Waals surface area contributed by atoms with E-state index < -0.39 is 23.5 Å². The van der Waals surface area contributed by atoms with E-state index in [1.807, 2.05) is 0 Å². The molecule has 0 aromatic carbocycles. The van der Waals surface area contributed by atoms with Gasteiger partial charge in [0.2, 0.25) is 5.60 Å². The van der Waals surface area contributed by atoms with Crippen LogP contribution in [0.15, 0.2) is 0 Å².